The summed E-state index contributed by atoms with van der Waals surface area (Å²) >= 11 is 0. The molecule has 0 heterocycles. The zero-order valence-corrected chi connectivity index (χ0v) is 14.5. The fraction of sp³-hybridized carbons (Fsp3) is 0.0952. The van der Waals surface area contributed by atoms with Gasteiger partial charge in [-0.05, 0) is 34.5 Å². The summed E-state index contributed by atoms with van der Waals surface area (Å²) in [6.45, 7) is 3.82. The highest BCUT2D eigenvalue weighted by atomic mass is 16.5. The second kappa shape index (κ2) is 8.07. The van der Waals surface area contributed by atoms with Gasteiger partial charge in [-0.1, -0.05) is 55.1 Å². The summed E-state index contributed by atoms with van der Waals surface area (Å²) in [6.07, 6.45) is 0. The van der Waals surface area contributed by atoms with E-state index < -0.39 is 0 Å². The number of hydrogen-bond donors (Lipinski definition) is 2. The number of fused-ring (bicyclic) bond motifs is 1. The molecule has 2 N–H and O–H groups in total. The SMILES string of the molecule is C=C(NNC(=O)COc1ccccc1OC)c1ccc2ccccc2c1. The van der Waals surface area contributed by atoms with E-state index in [1.165, 1.54) is 0 Å². The van der Waals surface area contributed by atoms with Crippen LogP contribution in [0.5, 0.6) is 11.5 Å². The molecule has 0 fully saturated rings. The zero-order valence-electron chi connectivity index (χ0n) is 14.5. The Bertz CT molecular complexity index is 937. The normalized spacial score (nSPS) is 10.2. The van der Waals surface area contributed by atoms with Crippen LogP contribution >= 0.6 is 0 Å². The number of hydrazine groups is 1. The molecule has 0 bridgehead atoms. The number of nitrogens with one attached hydrogen (secondary N) is 2. The van der Waals surface area contributed by atoms with E-state index in [0.717, 1.165) is 16.3 Å². The molecule has 5 nitrogen and oxygen atoms in total. The van der Waals surface area contributed by atoms with Crippen molar-refractivity contribution in [3.05, 3.63) is 78.9 Å². The molecule has 0 aliphatic rings. The number of carbonyl (C=O) groups excluding carboxylic acids is 1. The minimum Gasteiger partial charge on any atom is -0.493 e. The van der Waals surface area contributed by atoms with Crippen molar-refractivity contribution in [3.63, 3.8) is 0 Å². The van der Waals surface area contributed by atoms with Crippen LogP contribution in [0.3, 0.4) is 0 Å². The number of amides is 1. The standard InChI is InChI=1S/C21H20N2O3/c1-15(17-12-11-16-7-3-4-8-18(16)13-17)22-23-21(24)14-26-20-10-6-5-9-19(20)25-2/h3-13,22H,1,14H2,2H3,(H,23,24). The minimum absolute atomic E-state index is 0.141. The Morgan fingerprint density at radius 1 is 0.923 bits per heavy atom. The van der Waals surface area contributed by atoms with Crippen molar-refractivity contribution in [1.29, 1.82) is 0 Å². The topological polar surface area (TPSA) is 59.6 Å². The van der Waals surface area contributed by atoms with Crippen LogP contribution in [0.25, 0.3) is 16.5 Å². The maximum Gasteiger partial charge on any atom is 0.276 e. The largest absolute Gasteiger partial charge is 0.493 e. The van der Waals surface area contributed by atoms with Crippen molar-refractivity contribution in [2.24, 2.45) is 0 Å². The van der Waals surface area contributed by atoms with E-state index in [9.17, 15) is 4.79 Å². The zero-order chi connectivity index (χ0) is 18.4. The van der Waals surface area contributed by atoms with Gasteiger partial charge in [0.1, 0.15) is 0 Å². The molecule has 0 aliphatic carbocycles. The number of carbonyl (C=O) groups is 1. The number of methoxy groups -OCH3 is 1. The van der Waals surface area contributed by atoms with E-state index >= 15 is 0 Å². The molecule has 0 aromatic heterocycles. The van der Waals surface area contributed by atoms with Crippen molar-refractivity contribution < 1.29 is 14.3 Å². The molecule has 0 spiro atoms. The van der Waals surface area contributed by atoms with Crippen LogP contribution < -0.4 is 20.3 Å². The lowest BCUT2D eigenvalue weighted by Crippen LogP contribution is -2.39. The summed E-state index contributed by atoms with van der Waals surface area (Å²) in [5.74, 6) is 0.769. The molecule has 3 aromatic rings. The van der Waals surface area contributed by atoms with Gasteiger partial charge >= 0.3 is 0 Å². The maximum atomic E-state index is 12.0. The summed E-state index contributed by atoms with van der Waals surface area (Å²) in [5, 5.41) is 2.26. The van der Waals surface area contributed by atoms with E-state index in [-0.39, 0.29) is 12.5 Å². The number of ether oxygens (including phenoxy) is 2. The highest BCUT2D eigenvalue weighted by molar-refractivity contribution is 5.86. The van der Waals surface area contributed by atoms with Crippen molar-refractivity contribution >= 4 is 22.4 Å². The molecule has 0 radical (unpaired) electrons. The molecular formula is C21H20N2O3. The van der Waals surface area contributed by atoms with Gasteiger partial charge in [-0.15, -0.1) is 0 Å². The highest BCUT2D eigenvalue weighted by Crippen LogP contribution is 2.25. The molecule has 0 unspecified atom stereocenters. The molecule has 0 saturated carbocycles. The average molecular weight is 348 g/mol. The molecule has 3 aromatic carbocycles. The van der Waals surface area contributed by atoms with Crippen LogP contribution in [0, 0.1) is 0 Å². The first-order valence-corrected chi connectivity index (χ1v) is 8.16. The van der Waals surface area contributed by atoms with Crippen LogP contribution in [-0.4, -0.2) is 19.6 Å². The lowest BCUT2D eigenvalue weighted by Gasteiger charge is -2.13. The van der Waals surface area contributed by atoms with Gasteiger partial charge in [0.25, 0.3) is 5.91 Å². The Kier molecular flexibility index (Phi) is 5.39. The molecule has 26 heavy (non-hydrogen) atoms. The van der Waals surface area contributed by atoms with Crippen LogP contribution in [-0.2, 0) is 4.79 Å². The number of rotatable bonds is 7. The molecule has 1 amide bonds. The highest BCUT2D eigenvalue weighted by Gasteiger charge is 2.07. The number of hydrogen-bond acceptors (Lipinski definition) is 4. The fourth-order valence-corrected chi connectivity index (χ4v) is 2.51. The molecule has 0 saturated heterocycles. The van der Waals surface area contributed by atoms with Crippen molar-refractivity contribution in [1.82, 2.24) is 10.9 Å². The Balaban J connectivity index is 1.54. The summed E-state index contributed by atoms with van der Waals surface area (Å²) in [5.41, 5.74) is 6.90. The molecule has 0 atom stereocenters. The maximum absolute atomic E-state index is 12.0. The van der Waals surface area contributed by atoms with Gasteiger partial charge in [-0.2, -0.15) is 0 Å². The summed E-state index contributed by atoms with van der Waals surface area (Å²) in [7, 11) is 1.55. The van der Waals surface area contributed by atoms with Gasteiger partial charge in [0.05, 0.1) is 12.8 Å². The van der Waals surface area contributed by atoms with E-state index in [1.54, 1.807) is 19.2 Å². The Morgan fingerprint density at radius 2 is 1.62 bits per heavy atom. The van der Waals surface area contributed by atoms with Gasteiger partial charge in [-0.3, -0.25) is 15.6 Å². The van der Waals surface area contributed by atoms with Crippen LogP contribution in [0.2, 0.25) is 0 Å². The average Bonchev–Trinajstić information content (AvgIpc) is 2.70. The monoisotopic (exact) mass is 348 g/mol. The lowest BCUT2D eigenvalue weighted by molar-refractivity contribution is -0.123. The summed E-state index contributed by atoms with van der Waals surface area (Å²) in [6, 6.07) is 21.2. The predicted octanol–water partition coefficient (Wildman–Crippen LogP) is 3.52. The summed E-state index contributed by atoms with van der Waals surface area (Å²) in [4.78, 5) is 12.0. The quantitative estimate of drug-likeness (QED) is 0.642. The van der Waals surface area contributed by atoms with Gasteiger partial charge < -0.3 is 9.47 Å². The predicted molar refractivity (Wildman–Crippen MR) is 103 cm³/mol. The minimum atomic E-state index is -0.321. The lowest BCUT2D eigenvalue weighted by atomic mass is 10.1. The second-order valence-electron chi connectivity index (χ2n) is 5.65. The first-order valence-electron chi connectivity index (χ1n) is 8.16. The van der Waals surface area contributed by atoms with Crippen LogP contribution in [0.1, 0.15) is 5.56 Å². The number of para-hydroxylation sites is 2. The second-order valence-corrected chi connectivity index (χ2v) is 5.65. The first kappa shape index (κ1) is 17.4. The third-order valence-corrected chi connectivity index (χ3v) is 3.88. The molecule has 0 aliphatic heterocycles. The van der Waals surface area contributed by atoms with E-state index in [1.807, 2.05) is 54.6 Å². The molecule has 3 rings (SSSR count). The van der Waals surface area contributed by atoms with Gasteiger partial charge in [0.2, 0.25) is 0 Å². The van der Waals surface area contributed by atoms with Gasteiger partial charge in [0.15, 0.2) is 18.1 Å². The Morgan fingerprint density at radius 3 is 2.38 bits per heavy atom. The smallest absolute Gasteiger partial charge is 0.276 e. The van der Waals surface area contributed by atoms with Gasteiger partial charge in [0, 0.05) is 0 Å². The molecule has 132 valence electrons. The van der Waals surface area contributed by atoms with E-state index in [0.29, 0.717) is 17.2 Å². The molecular weight excluding hydrogens is 328 g/mol. The van der Waals surface area contributed by atoms with Crippen molar-refractivity contribution in [2.45, 2.75) is 0 Å². The van der Waals surface area contributed by atoms with Crippen LogP contribution in [0.15, 0.2) is 73.3 Å². The number of benzene rings is 3. The van der Waals surface area contributed by atoms with Crippen molar-refractivity contribution in [2.75, 3.05) is 13.7 Å². The Labute approximate surface area is 152 Å². The summed E-state index contributed by atoms with van der Waals surface area (Å²) < 4.78 is 10.7. The van der Waals surface area contributed by atoms with Gasteiger partial charge in [-0.25, -0.2) is 0 Å². The van der Waals surface area contributed by atoms with E-state index in [2.05, 4.69) is 17.4 Å². The molecule has 5 heteroatoms. The van der Waals surface area contributed by atoms with Crippen LogP contribution in [0.4, 0.5) is 0 Å². The third-order valence-electron chi connectivity index (χ3n) is 3.88. The fourth-order valence-electron chi connectivity index (χ4n) is 2.51. The first-order chi connectivity index (χ1) is 12.7. The Hall–Kier alpha value is -3.47. The third kappa shape index (κ3) is 4.13. The van der Waals surface area contributed by atoms with Crippen molar-refractivity contribution in [3.8, 4) is 11.5 Å². The van der Waals surface area contributed by atoms with E-state index in [4.69, 9.17) is 9.47 Å².